The molecule has 7 aromatic rings. The summed E-state index contributed by atoms with van der Waals surface area (Å²) < 4.78 is 136. The lowest BCUT2D eigenvalue weighted by Crippen LogP contribution is -2.25. The summed E-state index contributed by atoms with van der Waals surface area (Å²) in [5.74, 6) is -0.137. The van der Waals surface area contributed by atoms with Gasteiger partial charge in [0, 0.05) is 74.5 Å². The van der Waals surface area contributed by atoms with Gasteiger partial charge in [0.15, 0.2) is 17.1 Å². The van der Waals surface area contributed by atoms with E-state index >= 15 is 0 Å². The first-order valence-corrected chi connectivity index (χ1v) is 28.8. The molecule has 0 unspecified atom stereocenters. The maximum Gasteiger partial charge on any atom is 0.534 e. The Morgan fingerprint density at radius 1 is 0.628 bits per heavy atom. The second kappa shape index (κ2) is 30.4. The summed E-state index contributed by atoms with van der Waals surface area (Å²) in [4.78, 5) is 0.0117. The van der Waals surface area contributed by atoms with Crippen LogP contribution in [0.1, 0.15) is 122 Å². The third kappa shape index (κ3) is 16.0. The summed E-state index contributed by atoms with van der Waals surface area (Å²) in [6.07, 6.45) is 11.1. The quantitative estimate of drug-likeness (QED) is 0.0593. The van der Waals surface area contributed by atoms with Gasteiger partial charge < -0.3 is 13.2 Å². The fourth-order valence-electron chi connectivity index (χ4n) is 8.42. The minimum absolute atomic E-state index is 0. The van der Waals surface area contributed by atoms with Crippen molar-refractivity contribution in [1.29, 1.82) is 17.1 Å². The van der Waals surface area contributed by atoms with Crippen LogP contribution in [0.4, 0.5) is 17.5 Å². The molecule has 1 saturated heterocycles. The smallest absolute Gasteiger partial charge is 0.381 e. The molecule has 6 heterocycles. The van der Waals surface area contributed by atoms with Gasteiger partial charge in [-0.05, 0) is 84.4 Å². The van der Waals surface area contributed by atoms with E-state index in [2.05, 4.69) is 99.7 Å². The number of rotatable bonds is 7. The Labute approximate surface area is 501 Å². The maximum absolute atomic E-state index is 12.8. The predicted molar refractivity (Wildman–Crippen MR) is 315 cm³/mol. The SMILES string of the molecule is C.C.C1CCOC1.CC1=Cc2c(-c3nn[nH]n3)n[nH]c2C1.CC1=Cc2c(C#N)n[nH]c2C1.CC1=Cc2c(C#N)nn(S(=O)(=O)c3ccc(C)cc3)c2C1.Cc1ccc(S(=O)(=O)n2nc(C#N)c3c2CC(OS(=O)(=O)C(F)(F)F)=C3)cc1.[2H][B].[B]C.[B]F. The van der Waals surface area contributed by atoms with Crippen molar-refractivity contribution >= 4 is 78.8 Å². The number of nitrogens with one attached hydrogen (secondary N) is 3. The lowest BCUT2D eigenvalue weighted by Gasteiger charge is -2.11. The van der Waals surface area contributed by atoms with Crippen molar-refractivity contribution in [1.82, 2.24) is 59.4 Å². The number of halogens is 4. The van der Waals surface area contributed by atoms with Crippen LogP contribution in [0.25, 0.3) is 35.8 Å². The Hall–Kier alpha value is -8.70. The number of tetrazole rings is 1. The van der Waals surface area contributed by atoms with Crippen LogP contribution in [0.15, 0.2) is 80.8 Å². The molecular weight excluding hydrogens is 1180 g/mol. The monoisotopic (exact) mass is 1240 g/mol. The molecule has 0 saturated carbocycles. The number of nitrogens with zero attached hydrogens (tertiary/aromatic N) is 12. The standard InChI is InChI=1S/C15H10F3N3O5S2.C15H13N3O2S.C8H8N6.C8H7N3.C4H8O.CH3B.2CH4.BF.BH/c1-9-2-4-11(5-3-9)27(22,23)21-14-7-10(6-12(14)13(8-19)20-21)26-28(24,25)15(16,17)18;1-10-3-5-12(6-4-10)21(19,20)18-15-8-11(2)7-13(15)14(9-16)17-18;1-4-2-5-6(3-4)9-10-7(5)8-11-13-14-12-8;1-5-2-6-7(3-5)10-11-8(6)4-9;1-2-4-5-3-1;1-2;;;1-2;/h2-6H,7H2,1H3;3-7H,8H2,1-2H3;2H,3H2,1H3,(H,9,10)(H,11,12,13,14);2H,3H2,1H3,(H,10,11);1-4H2;1H3;2*1H4;;1H/i;;;;;;;;;1D. The van der Waals surface area contributed by atoms with E-state index < -0.39 is 53.5 Å². The van der Waals surface area contributed by atoms with Gasteiger partial charge >= 0.3 is 23.7 Å². The summed E-state index contributed by atoms with van der Waals surface area (Å²) in [6.45, 7) is 13.2. The summed E-state index contributed by atoms with van der Waals surface area (Å²) >= 11 is 0. The second-order valence-corrected chi connectivity index (χ2v) is 23.4. The Morgan fingerprint density at radius 2 is 1.06 bits per heavy atom. The van der Waals surface area contributed by atoms with Crippen LogP contribution in [0.5, 0.6) is 0 Å². The fourth-order valence-corrected chi connectivity index (χ4v) is 11.5. The predicted octanol–water partition coefficient (Wildman–Crippen LogP) is 7.78. The van der Waals surface area contributed by atoms with Gasteiger partial charge in [0.2, 0.25) is 5.82 Å². The summed E-state index contributed by atoms with van der Waals surface area (Å²) in [5, 5.41) is 62.1. The lowest BCUT2D eigenvalue weighted by molar-refractivity contribution is -0.0522. The number of nitriles is 3. The number of hydrogen-bond donors (Lipinski definition) is 3. The first-order chi connectivity index (χ1) is 40.4. The molecule has 1 fully saturated rings. The van der Waals surface area contributed by atoms with Crippen LogP contribution < -0.4 is 0 Å². The molecule has 0 bridgehead atoms. The first-order valence-electron chi connectivity index (χ1n) is 25.1. The van der Waals surface area contributed by atoms with Gasteiger partial charge in [-0.15, -0.1) is 20.4 Å². The third-order valence-electron chi connectivity index (χ3n) is 12.2. The molecule has 448 valence electrons. The van der Waals surface area contributed by atoms with Crippen LogP contribution >= 0.6 is 0 Å². The molecule has 3 N–H and O–H groups in total. The van der Waals surface area contributed by atoms with Gasteiger partial charge in [-0.3, -0.25) is 10.2 Å². The normalized spacial score (nSPS) is 13.7. The van der Waals surface area contributed by atoms with E-state index in [1.54, 1.807) is 37.3 Å². The van der Waals surface area contributed by atoms with E-state index in [4.69, 9.17) is 26.2 Å². The molecule has 33 heteroatoms. The number of allylic oxidation sites excluding steroid dienone is 4. The molecule has 5 aromatic heterocycles. The zero-order chi connectivity index (χ0) is 63.0. The molecule has 0 atom stereocenters. The minimum Gasteiger partial charge on any atom is -0.381 e. The molecule has 0 amide bonds. The minimum atomic E-state index is -5.93. The zero-order valence-corrected chi connectivity index (χ0v) is 48.1. The first kappa shape index (κ1) is 69.8. The molecule has 23 nitrogen and oxygen atoms in total. The van der Waals surface area contributed by atoms with Crippen LogP contribution in [0.3, 0.4) is 0 Å². The highest BCUT2D eigenvalue weighted by molar-refractivity contribution is 7.90. The Bertz CT molecular complexity index is 4110. The van der Waals surface area contributed by atoms with Gasteiger partial charge in [0.1, 0.15) is 29.7 Å². The highest BCUT2D eigenvalue weighted by Gasteiger charge is 2.49. The van der Waals surface area contributed by atoms with Gasteiger partial charge in [-0.1, -0.05) is 92.0 Å². The summed E-state index contributed by atoms with van der Waals surface area (Å²) in [7, 11) is -2.73. The van der Waals surface area contributed by atoms with E-state index in [0.29, 0.717) is 33.3 Å². The third-order valence-corrected chi connectivity index (χ3v) is 16.5. The molecular formula is C53H58B3F4N15O8S3. The number of hydrogen-bond acceptors (Lipinski definition) is 18. The zero-order valence-electron chi connectivity index (χ0n) is 46.7. The second-order valence-electron chi connectivity index (χ2n) is 18.3. The number of fused-ring (bicyclic) bond motifs is 4. The number of benzene rings is 2. The topological polar surface area (TPSA) is 340 Å². The van der Waals surface area contributed by atoms with Gasteiger partial charge in [0.25, 0.3) is 20.0 Å². The van der Waals surface area contributed by atoms with Crippen molar-refractivity contribution < 1.29 is 51.7 Å². The van der Waals surface area contributed by atoms with Crippen molar-refractivity contribution in [3.63, 3.8) is 0 Å². The lowest BCUT2D eigenvalue weighted by atomic mass is 10.2. The van der Waals surface area contributed by atoms with Gasteiger partial charge in [0.05, 0.1) is 35.4 Å². The van der Waals surface area contributed by atoms with Crippen LogP contribution in [-0.4, -0.2) is 129 Å². The summed E-state index contributed by atoms with van der Waals surface area (Å²) in [5.41, 5.74) is 5.91. The van der Waals surface area contributed by atoms with E-state index in [9.17, 15) is 38.4 Å². The van der Waals surface area contributed by atoms with E-state index in [1.807, 2.05) is 38.1 Å². The van der Waals surface area contributed by atoms with Crippen LogP contribution in [0.2, 0.25) is 6.82 Å². The highest BCUT2D eigenvalue weighted by atomic mass is 32.2. The largest absolute Gasteiger partial charge is 0.534 e. The number of aromatic nitrogens is 12. The molecule has 0 spiro atoms. The van der Waals surface area contributed by atoms with E-state index in [-0.39, 0.29) is 41.6 Å². The van der Waals surface area contributed by atoms with E-state index in [1.165, 1.54) is 55.1 Å². The van der Waals surface area contributed by atoms with Crippen molar-refractivity contribution in [2.75, 3.05) is 13.2 Å². The molecule has 12 rings (SSSR count). The van der Waals surface area contributed by atoms with Crippen LogP contribution in [0, 0.1) is 47.8 Å². The van der Waals surface area contributed by atoms with Crippen molar-refractivity contribution in [2.45, 2.75) is 110 Å². The number of H-pyrrole nitrogens is 3. The Morgan fingerprint density at radius 3 is 1.50 bits per heavy atom. The number of alkyl halides is 3. The van der Waals surface area contributed by atoms with Crippen molar-refractivity contribution in [2.24, 2.45) is 0 Å². The van der Waals surface area contributed by atoms with Gasteiger partial charge in [-0.25, -0.2) is 0 Å². The van der Waals surface area contributed by atoms with Crippen LogP contribution in [-0.2, 0) is 64.8 Å². The Kier molecular flexibility index (Phi) is 24.7. The average Bonchev–Trinajstić information content (AvgIpc) is 1.71. The maximum atomic E-state index is 12.8. The Balaban J connectivity index is 0.000000296. The fraction of sp³-hybridized carbons (Fsp3) is 0.321. The molecule has 86 heavy (non-hydrogen) atoms. The summed E-state index contributed by atoms with van der Waals surface area (Å²) in [6, 6.07) is 17.9. The average molecular weight is 1240 g/mol. The van der Waals surface area contributed by atoms with Gasteiger partial charge in [-0.2, -0.15) is 77.8 Å². The highest BCUT2D eigenvalue weighted by Crippen LogP contribution is 2.36. The van der Waals surface area contributed by atoms with E-state index in [0.717, 1.165) is 81.1 Å². The number of ether oxygens (including phenoxy) is 1. The molecule has 6 radical (unpaired) electrons. The molecule has 5 aliphatic rings. The number of aromatic amines is 3. The van der Waals surface area contributed by atoms with Crippen molar-refractivity contribution in [3.05, 3.63) is 144 Å². The molecule has 1 aliphatic heterocycles. The molecule has 2 aromatic carbocycles. The number of aryl methyl sites for hydroxylation is 2. The van der Waals surface area contributed by atoms with Crippen molar-refractivity contribution in [3.8, 4) is 29.7 Å². The molecule has 4 aliphatic carbocycles.